The summed E-state index contributed by atoms with van der Waals surface area (Å²) < 4.78 is 13.6. The number of hydrogen-bond donors (Lipinski definition) is 1. The number of halogens is 2. The van der Waals surface area contributed by atoms with Gasteiger partial charge in [0.2, 0.25) is 0 Å². The summed E-state index contributed by atoms with van der Waals surface area (Å²) in [5, 5.41) is 3.25. The van der Waals surface area contributed by atoms with Crippen molar-refractivity contribution in [1.29, 1.82) is 0 Å². The zero-order chi connectivity index (χ0) is 8.72. The molecule has 0 saturated heterocycles. The van der Waals surface area contributed by atoms with Gasteiger partial charge in [0.1, 0.15) is 5.82 Å². The van der Waals surface area contributed by atoms with Crippen LogP contribution in [0, 0.1) is 5.82 Å². The lowest BCUT2D eigenvalue weighted by atomic mass is 10.1. The highest BCUT2D eigenvalue weighted by Crippen LogP contribution is 2.29. The number of benzene rings is 1. The number of hydrogen-bond acceptors (Lipinski definition) is 1. The zero-order valence-electron chi connectivity index (χ0n) is 6.70. The molecule has 0 radical (unpaired) electrons. The highest BCUT2D eigenvalue weighted by Gasteiger charge is 2.19. The van der Waals surface area contributed by atoms with Crippen molar-refractivity contribution in [1.82, 2.24) is 5.32 Å². The first-order valence-corrected chi connectivity index (χ1v) is 4.69. The average Bonchev–Trinajstić information content (AvgIpc) is 2.35. The first-order valence-electron chi connectivity index (χ1n) is 3.89. The van der Waals surface area contributed by atoms with Crippen molar-refractivity contribution in [2.75, 3.05) is 0 Å². The Morgan fingerprint density at radius 2 is 2.33 bits per heavy atom. The molecule has 1 aromatic carbocycles. The third kappa shape index (κ3) is 1.17. The van der Waals surface area contributed by atoms with Gasteiger partial charge in [0.05, 0.1) is 4.47 Å². The fourth-order valence-electron chi connectivity index (χ4n) is 1.53. The van der Waals surface area contributed by atoms with Gasteiger partial charge in [0.25, 0.3) is 0 Å². The van der Waals surface area contributed by atoms with Crippen LogP contribution in [0.5, 0.6) is 0 Å². The van der Waals surface area contributed by atoms with Gasteiger partial charge in [-0.1, -0.05) is 0 Å². The van der Waals surface area contributed by atoms with Crippen molar-refractivity contribution in [2.45, 2.75) is 19.5 Å². The van der Waals surface area contributed by atoms with E-state index in [2.05, 4.69) is 28.2 Å². The lowest BCUT2D eigenvalue weighted by molar-refractivity contribution is 0.619. The lowest BCUT2D eigenvalue weighted by Gasteiger charge is -2.04. The van der Waals surface area contributed by atoms with Gasteiger partial charge in [-0.3, -0.25) is 0 Å². The van der Waals surface area contributed by atoms with E-state index in [0.717, 1.165) is 12.1 Å². The minimum atomic E-state index is -0.176. The fourth-order valence-corrected chi connectivity index (χ4v) is 1.89. The Balaban J connectivity index is 2.56. The summed E-state index contributed by atoms with van der Waals surface area (Å²) >= 11 is 3.17. The monoisotopic (exact) mass is 229 g/mol. The third-order valence-corrected chi connectivity index (χ3v) is 2.86. The molecule has 1 unspecified atom stereocenters. The standard InChI is InChI=1S/C9H9BrFN/c1-5-7-3-8(10)9(11)2-6(7)4-12-5/h2-3,5,12H,4H2,1H3. The molecule has 0 aromatic heterocycles. The fraction of sp³-hybridized carbons (Fsp3) is 0.333. The Hall–Kier alpha value is -0.410. The molecule has 2 rings (SSSR count). The van der Waals surface area contributed by atoms with Crippen LogP contribution in [0.3, 0.4) is 0 Å². The van der Waals surface area contributed by atoms with Crippen LogP contribution in [0.2, 0.25) is 0 Å². The van der Waals surface area contributed by atoms with Gasteiger partial charge in [-0.2, -0.15) is 0 Å². The maximum atomic E-state index is 13.0. The van der Waals surface area contributed by atoms with E-state index in [1.807, 2.05) is 6.07 Å². The van der Waals surface area contributed by atoms with E-state index in [1.54, 1.807) is 6.07 Å². The van der Waals surface area contributed by atoms with Crippen molar-refractivity contribution in [3.63, 3.8) is 0 Å². The van der Waals surface area contributed by atoms with Gasteiger partial charge in [-0.15, -0.1) is 0 Å². The summed E-state index contributed by atoms with van der Waals surface area (Å²) in [4.78, 5) is 0. The molecule has 1 N–H and O–H groups in total. The minimum absolute atomic E-state index is 0.176. The summed E-state index contributed by atoms with van der Waals surface area (Å²) in [6, 6.07) is 3.79. The summed E-state index contributed by atoms with van der Waals surface area (Å²) in [6.45, 7) is 2.86. The van der Waals surface area contributed by atoms with Crippen molar-refractivity contribution < 1.29 is 4.39 Å². The van der Waals surface area contributed by atoms with E-state index >= 15 is 0 Å². The highest BCUT2D eigenvalue weighted by molar-refractivity contribution is 9.10. The van der Waals surface area contributed by atoms with Crippen LogP contribution in [-0.2, 0) is 6.54 Å². The molecule has 1 atom stereocenters. The summed E-state index contributed by atoms with van der Waals surface area (Å²) in [5.41, 5.74) is 2.27. The third-order valence-electron chi connectivity index (χ3n) is 2.25. The minimum Gasteiger partial charge on any atom is -0.306 e. The molecule has 0 saturated carbocycles. The van der Waals surface area contributed by atoms with Crippen molar-refractivity contribution in [3.05, 3.63) is 33.5 Å². The quantitative estimate of drug-likeness (QED) is 0.722. The SMILES string of the molecule is CC1NCc2cc(F)c(Br)cc21. The van der Waals surface area contributed by atoms with Gasteiger partial charge in [0, 0.05) is 12.6 Å². The van der Waals surface area contributed by atoms with Crippen molar-refractivity contribution in [2.24, 2.45) is 0 Å². The normalized spacial score (nSPS) is 21.1. The van der Waals surface area contributed by atoms with Crippen molar-refractivity contribution in [3.8, 4) is 0 Å². The lowest BCUT2D eigenvalue weighted by Crippen LogP contribution is -2.06. The van der Waals surface area contributed by atoms with Crippen LogP contribution in [-0.4, -0.2) is 0 Å². The van der Waals surface area contributed by atoms with Gasteiger partial charge in [-0.25, -0.2) is 4.39 Å². The van der Waals surface area contributed by atoms with Crippen LogP contribution in [0.1, 0.15) is 24.1 Å². The Labute approximate surface area is 79.1 Å². The molecule has 64 valence electrons. The van der Waals surface area contributed by atoms with E-state index in [1.165, 1.54) is 5.56 Å². The molecule has 1 aliphatic rings. The molecule has 0 amide bonds. The summed E-state index contributed by atoms with van der Waals surface area (Å²) in [5.74, 6) is -0.176. The molecule has 1 nitrogen and oxygen atoms in total. The van der Waals surface area contributed by atoms with Crippen LogP contribution in [0.15, 0.2) is 16.6 Å². The Morgan fingerprint density at radius 1 is 1.58 bits per heavy atom. The molecule has 12 heavy (non-hydrogen) atoms. The predicted octanol–water partition coefficient (Wildman–Crippen LogP) is 2.75. The van der Waals surface area contributed by atoms with Gasteiger partial charge in [-0.05, 0) is 46.1 Å². The van der Waals surface area contributed by atoms with Crippen LogP contribution >= 0.6 is 15.9 Å². The Bertz CT molecular complexity index is 325. The topological polar surface area (TPSA) is 12.0 Å². The molecule has 1 aromatic rings. The second kappa shape index (κ2) is 2.82. The van der Waals surface area contributed by atoms with Gasteiger partial charge < -0.3 is 5.32 Å². The largest absolute Gasteiger partial charge is 0.306 e. The zero-order valence-corrected chi connectivity index (χ0v) is 8.28. The van der Waals surface area contributed by atoms with E-state index < -0.39 is 0 Å². The maximum absolute atomic E-state index is 13.0. The summed E-state index contributed by atoms with van der Waals surface area (Å²) in [7, 11) is 0. The first kappa shape index (κ1) is 8.20. The molecule has 1 heterocycles. The second-order valence-electron chi connectivity index (χ2n) is 3.07. The van der Waals surface area contributed by atoms with E-state index in [-0.39, 0.29) is 5.82 Å². The molecule has 0 bridgehead atoms. The highest BCUT2D eigenvalue weighted by atomic mass is 79.9. The average molecular weight is 230 g/mol. The smallest absolute Gasteiger partial charge is 0.137 e. The van der Waals surface area contributed by atoms with E-state index in [0.29, 0.717) is 10.5 Å². The van der Waals surface area contributed by atoms with Crippen LogP contribution in [0.4, 0.5) is 4.39 Å². The number of nitrogens with one attached hydrogen (secondary N) is 1. The summed E-state index contributed by atoms with van der Waals surface area (Å²) in [6.07, 6.45) is 0. The second-order valence-corrected chi connectivity index (χ2v) is 3.92. The van der Waals surface area contributed by atoms with Crippen LogP contribution < -0.4 is 5.32 Å². The van der Waals surface area contributed by atoms with E-state index in [9.17, 15) is 4.39 Å². The number of fused-ring (bicyclic) bond motifs is 1. The molecular weight excluding hydrogens is 221 g/mol. The molecular formula is C9H9BrFN. The molecule has 3 heteroatoms. The molecule has 0 fully saturated rings. The number of rotatable bonds is 0. The van der Waals surface area contributed by atoms with E-state index in [4.69, 9.17) is 0 Å². The maximum Gasteiger partial charge on any atom is 0.137 e. The Morgan fingerprint density at radius 3 is 3.08 bits per heavy atom. The predicted molar refractivity (Wildman–Crippen MR) is 49.4 cm³/mol. The molecule has 0 aliphatic carbocycles. The first-order chi connectivity index (χ1) is 5.68. The van der Waals surface area contributed by atoms with Crippen LogP contribution in [0.25, 0.3) is 0 Å². The molecule has 1 aliphatic heterocycles. The van der Waals surface area contributed by atoms with Crippen molar-refractivity contribution >= 4 is 15.9 Å². The Kier molecular flexibility index (Phi) is 1.93. The van der Waals surface area contributed by atoms with Gasteiger partial charge >= 0.3 is 0 Å². The molecule has 0 spiro atoms. The van der Waals surface area contributed by atoms with Gasteiger partial charge in [0.15, 0.2) is 0 Å².